The minimum absolute atomic E-state index is 0.135. The Morgan fingerprint density at radius 1 is 1.08 bits per heavy atom. The number of nitrogens with one attached hydrogen (secondary N) is 3. The maximum atomic E-state index is 12.9. The largest absolute Gasteiger partial charge is 0.322 e. The van der Waals surface area contributed by atoms with E-state index in [0.29, 0.717) is 29.8 Å². The van der Waals surface area contributed by atoms with Gasteiger partial charge >= 0.3 is 0 Å². The molecule has 0 saturated carbocycles. The molecule has 0 aliphatic rings. The van der Waals surface area contributed by atoms with E-state index in [1.54, 1.807) is 6.07 Å². The second-order valence-electron chi connectivity index (χ2n) is 9.89. The van der Waals surface area contributed by atoms with E-state index in [1.807, 2.05) is 41.0 Å². The van der Waals surface area contributed by atoms with E-state index >= 15 is 0 Å². The van der Waals surface area contributed by atoms with Crippen molar-refractivity contribution in [2.24, 2.45) is 5.41 Å². The van der Waals surface area contributed by atoms with E-state index in [1.165, 1.54) is 24.8 Å². The topological polar surface area (TPSA) is 114 Å². The van der Waals surface area contributed by atoms with Crippen LogP contribution in [-0.4, -0.2) is 37.4 Å². The van der Waals surface area contributed by atoms with Crippen LogP contribution in [0.15, 0.2) is 73.8 Å². The van der Waals surface area contributed by atoms with Gasteiger partial charge < -0.3 is 10.6 Å². The summed E-state index contributed by atoms with van der Waals surface area (Å²) in [5.41, 5.74) is 4.37. The van der Waals surface area contributed by atoms with Crippen LogP contribution in [0.3, 0.4) is 0 Å². The third-order valence-electron chi connectivity index (χ3n) is 6.24. The first-order chi connectivity index (χ1) is 17.7. The molecule has 2 aromatic carbocycles. The number of anilines is 2. The van der Waals surface area contributed by atoms with E-state index in [9.17, 15) is 9.59 Å². The van der Waals surface area contributed by atoms with Gasteiger partial charge in [0.25, 0.3) is 5.91 Å². The van der Waals surface area contributed by atoms with Crippen LogP contribution < -0.4 is 16.0 Å². The first-order valence-corrected chi connectivity index (χ1v) is 12.0. The summed E-state index contributed by atoms with van der Waals surface area (Å²) in [5, 5.41) is 9.24. The number of hydrogen-bond donors (Lipinski definition) is 3. The van der Waals surface area contributed by atoms with Gasteiger partial charge in [-0.05, 0) is 54.3 Å². The molecule has 0 aliphatic heterocycles. The summed E-state index contributed by atoms with van der Waals surface area (Å²) < 4.78 is 1.84. The lowest BCUT2D eigenvalue weighted by molar-refractivity contribution is -0.111. The normalized spacial score (nSPS) is 12.2. The molecule has 4 aromatic rings. The molecule has 0 bridgehead atoms. The van der Waals surface area contributed by atoms with Crippen LogP contribution in [0.2, 0.25) is 0 Å². The van der Waals surface area contributed by atoms with Gasteiger partial charge in [-0.2, -0.15) is 0 Å². The minimum atomic E-state index is -0.380. The average molecular weight is 498 g/mol. The number of rotatable bonds is 8. The zero-order valence-electron chi connectivity index (χ0n) is 21.4. The second kappa shape index (κ2) is 10.7. The number of carbonyl (C=O) groups is 2. The number of carbonyl (C=O) groups excluding carboxylic acids is 2. The van der Waals surface area contributed by atoms with Crippen molar-refractivity contribution in [2.45, 2.75) is 40.3 Å². The lowest BCUT2D eigenvalue weighted by atomic mass is 9.88. The second-order valence-corrected chi connectivity index (χ2v) is 9.89. The Morgan fingerprint density at radius 3 is 2.54 bits per heavy atom. The summed E-state index contributed by atoms with van der Waals surface area (Å²) in [5.74, 6) is -0.356. The van der Waals surface area contributed by atoms with E-state index in [-0.39, 0.29) is 17.2 Å². The van der Waals surface area contributed by atoms with Gasteiger partial charge in [-0.25, -0.2) is 15.0 Å². The van der Waals surface area contributed by atoms with Gasteiger partial charge in [0.05, 0.1) is 22.3 Å². The van der Waals surface area contributed by atoms with Gasteiger partial charge in [0.1, 0.15) is 6.33 Å². The number of amides is 2. The summed E-state index contributed by atoms with van der Waals surface area (Å²) in [4.78, 5) is 37.4. The molecule has 190 valence electrons. The zero-order valence-corrected chi connectivity index (χ0v) is 21.4. The quantitative estimate of drug-likeness (QED) is 0.304. The third-order valence-corrected chi connectivity index (χ3v) is 6.24. The van der Waals surface area contributed by atoms with Gasteiger partial charge in [-0.15, -0.1) is 0 Å². The monoisotopic (exact) mass is 497 g/mol. The highest BCUT2D eigenvalue weighted by atomic mass is 16.2. The molecule has 37 heavy (non-hydrogen) atoms. The number of fused-ring (bicyclic) bond motifs is 1. The first-order valence-electron chi connectivity index (χ1n) is 12.0. The van der Waals surface area contributed by atoms with Crippen molar-refractivity contribution < 1.29 is 9.59 Å². The highest BCUT2D eigenvalue weighted by Crippen LogP contribution is 2.28. The molecule has 0 fully saturated rings. The van der Waals surface area contributed by atoms with E-state index in [0.717, 1.165) is 22.3 Å². The summed E-state index contributed by atoms with van der Waals surface area (Å²) in [6.07, 6.45) is 5.47. The number of hydrogen-bond acceptors (Lipinski definition) is 6. The van der Waals surface area contributed by atoms with Gasteiger partial charge in [0.2, 0.25) is 11.9 Å². The van der Waals surface area contributed by atoms with Gasteiger partial charge in [-0.1, -0.05) is 39.5 Å². The number of aromatic nitrogens is 4. The van der Waals surface area contributed by atoms with Crippen LogP contribution in [0.25, 0.3) is 16.7 Å². The summed E-state index contributed by atoms with van der Waals surface area (Å²) >= 11 is 0. The predicted molar refractivity (Wildman–Crippen MR) is 146 cm³/mol. The van der Waals surface area contributed by atoms with Crippen molar-refractivity contribution in [3.8, 4) is 5.69 Å². The van der Waals surface area contributed by atoms with Gasteiger partial charge in [0, 0.05) is 30.7 Å². The molecular formula is C28H31N7O2. The van der Waals surface area contributed by atoms with Crippen molar-refractivity contribution in [3.05, 3.63) is 85.0 Å². The molecule has 0 radical (unpaired) electrons. The minimum Gasteiger partial charge on any atom is -0.322 e. The third kappa shape index (κ3) is 6.07. The van der Waals surface area contributed by atoms with Crippen LogP contribution >= 0.6 is 0 Å². The van der Waals surface area contributed by atoms with Gasteiger partial charge in [0.15, 0.2) is 0 Å². The maximum Gasteiger partial charge on any atom is 0.261 e. The molecule has 2 amide bonds. The Kier molecular flexibility index (Phi) is 7.45. The molecule has 1 atom stereocenters. The Bertz CT molecular complexity index is 1440. The van der Waals surface area contributed by atoms with Crippen LogP contribution in [-0.2, 0) is 11.3 Å². The van der Waals surface area contributed by atoms with E-state index < -0.39 is 0 Å². The number of imidazole rings is 1. The van der Waals surface area contributed by atoms with Crippen LogP contribution in [0.4, 0.5) is 11.6 Å². The van der Waals surface area contributed by atoms with Crippen LogP contribution in [0.5, 0.6) is 0 Å². The highest BCUT2D eigenvalue weighted by molar-refractivity contribution is 6.04. The molecule has 3 N–H and O–H groups in total. The van der Waals surface area contributed by atoms with Crippen molar-refractivity contribution >= 4 is 34.5 Å². The molecule has 0 aliphatic carbocycles. The first kappa shape index (κ1) is 25.7. The van der Waals surface area contributed by atoms with Crippen molar-refractivity contribution in [1.29, 1.82) is 0 Å². The Labute approximate surface area is 216 Å². The average Bonchev–Trinajstić information content (AvgIpc) is 3.24. The van der Waals surface area contributed by atoms with Crippen molar-refractivity contribution in [3.63, 3.8) is 0 Å². The number of nitrogens with zero attached hydrogens (tertiary/aromatic N) is 4. The van der Waals surface area contributed by atoms with Crippen LogP contribution in [0.1, 0.15) is 43.6 Å². The van der Waals surface area contributed by atoms with E-state index in [4.69, 9.17) is 4.98 Å². The molecule has 9 heteroatoms. The van der Waals surface area contributed by atoms with Crippen molar-refractivity contribution in [1.82, 2.24) is 24.8 Å². The van der Waals surface area contributed by atoms with E-state index in [2.05, 4.69) is 60.2 Å². The SMILES string of the molecule is C=CC(=O)Nc1cccc(-n2c(NC(=O)c3cncnc3)nc3cc(CN[C@@H](C)C(C)(C)C)ccc32)c1. The fourth-order valence-electron chi connectivity index (χ4n) is 3.66. The predicted octanol–water partition coefficient (Wildman–Crippen LogP) is 4.72. The summed E-state index contributed by atoms with van der Waals surface area (Å²) in [7, 11) is 0. The fraction of sp³-hybridized carbons (Fsp3) is 0.250. The Hall–Kier alpha value is -4.37. The molecular weight excluding hydrogens is 466 g/mol. The highest BCUT2D eigenvalue weighted by Gasteiger charge is 2.20. The molecule has 0 saturated heterocycles. The summed E-state index contributed by atoms with van der Waals surface area (Å²) in [6.45, 7) is 13.0. The molecule has 2 heterocycles. The maximum absolute atomic E-state index is 12.9. The zero-order chi connectivity index (χ0) is 26.6. The Morgan fingerprint density at radius 2 is 1.84 bits per heavy atom. The molecule has 9 nitrogen and oxygen atoms in total. The lowest BCUT2D eigenvalue weighted by Gasteiger charge is -2.28. The molecule has 2 aromatic heterocycles. The smallest absolute Gasteiger partial charge is 0.261 e. The molecule has 4 rings (SSSR count). The Balaban J connectivity index is 1.74. The molecule has 0 unspecified atom stereocenters. The lowest BCUT2D eigenvalue weighted by Crippen LogP contribution is -2.37. The number of benzene rings is 2. The van der Waals surface area contributed by atoms with Crippen LogP contribution in [0, 0.1) is 5.41 Å². The van der Waals surface area contributed by atoms with Crippen molar-refractivity contribution in [2.75, 3.05) is 10.6 Å². The summed E-state index contributed by atoms with van der Waals surface area (Å²) in [6, 6.07) is 13.7. The van der Waals surface area contributed by atoms with Gasteiger partial charge in [-0.3, -0.25) is 19.5 Å². The fourth-order valence-corrected chi connectivity index (χ4v) is 3.66. The standard InChI is InChI=1S/C28H31N7O2/c1-6-25(36)32-21-8-7-9-22(13-21)35-24-11-10-19(14-31-18(2)28(3,4)5)12-23(24)33-27(35)34-26(37)20-15-29-17-30-16-20/h6-13,15-18,31H,1,14H2,2-5H3,(H,32,36)(H,33,34,37)/t18-/m0/s1. The molecule has 0 spiro atoms.